The molecule has 0 aliphatic carbocycles. The summed E-state index contributed by atoms with van der Waals surface area (Å²) in [6.45, 7) is 6.60. The van der Waals surface area contributed by atoms with Crippen molar-refractivity contribution in [2.45, 2.75) is 78.6 Å². The molecule has 0 aliphatic rings. The molecule has 0 saturated heterocycles. The van der Waals surface area contributed by atoms with Crippen molar-refractivity contribution in [3.05, 3.63) is 0 Å². The molecular weight excluding hydrogens is 194 g/mol. The number of rotatable bonds is 9. The largest absolute Gasteiger partial charge is 0.238 e. The molecule has 0 bridgehead atoms. The SMILES string of the molecule is CCCCCCC(C)(C)CCCC(F)F. The lowest BCUT2D eigenvalue weighted by Gasteiger charge is -2.24. The summed E-state index contributed by atoms with van der Waals surface area (Å²) in [5.41, 5.74) is 0.253. The van der Waals surface area contributed by atoms with Crippen LogP contribution in [-0.2, 0) is 0 Å². The van der Waals surface area contributed by atoms with Crippen LogP contribution < -0.4 is 0 Å². The van der Waals surface area contributed by atoms with Crippen LogP contribution in [0.15, 0.2) is 0 Å². The summed E-state index contributed by atoms with van der Waals surface area (Å²) in [6, 6.07) is 0. The highest BCUT2D eigenvalue weighted by Crippen LogP contribution is 2.30. The lowest BCUT2D eigenvalue weighted by atomic mass is 9.82. The maximum Gasteiger partial charge on any atom is 0.238 e. The summed E-state index contributed by atoms with van der Waals surface area (Å²) in [5, 5.41) is 0. The van der Waals surface area contributed by atoms with Gasteiger partial charge in [0.05, 0.1) is 0 Å². The van der Waals surface area contributed by atoms with Crippen LogP contribution in [0.1, 0.15) is 72.1 Å². The van der Waals surface area contributed by atoms with Gasteiger partial charge in [-0.2, -0.15) is 0 Å². The summed E-state index contributed by atoms with van der Waals surface area (Å²) < 4.78 is 23.9. The summed E-state index contributed by atoms with van der Waals surface area (Å²) in [4.78, 5) is 0. The minimum absolute atomic E-state index is 0.0678. The summed E-state index contributed by atoms with van der Waals surface area (Å²) >= 11 is 0. The average Bonchev–Trinajstić information content (AvgIpc) is 2.11. The summed E-state index contributed by atoms with van der Waals surface area (Å²) in [6.07, 6.45) is 5.81. The van der Waals surface area contributed by atoms with Crippen LogP contribution in [0.2, 0.25) is 0 Å². The molecule has 0 fully saturated rings. The Morgan fingerprint density at radius 1 is 0.933 bits per heavy atom. The first kappa shape index (κ1) is 14.9. The molecule has 92 valence electrons. The topological polar surface area (TPSA) is 0 Å². The molecule has 0 unspecified atom stereocenters. The van der Waals surface area contributed by atoms with Crippen molar-refractivity contribution < 1.29 is 8.78 Å². The van der Waals surface area contributed by atoms with Crippen LogP contribution in [0, 0.1) is 5.41 Å². The first-order chi connectivity index (χ1) is 6.98. The molecule has 2 heteroatoms. The molecule has 0 rings (SSSR count). The Labute approximate surface area is 93.4 Å². The normalized spacial score (nSPS) is 12.4. The lowest BCUT2D eigenvalue weighted by Crippen LogP contribution is -2.11. The van der Waals surface area contributed by atoms with Gasteiger partial charge in [-0.15, -0.1) is 0 Å². The minimum atomic E-state index is -2.12. The Hall–Kier alpha value is -0.140. The molecule has 0 aromatic heterocycles. The van der Waals surface area contributed by atoms with E-state index in [1.807, 2.05) is 0 Å². The molecule has 0 amide bonds. The number of alkyl halides is 2. The van der Waals surface area contributed by atoms with E-state index >= 15 is 0 Å². The van der Waals surface area contributed by atoms with Gasteiger partial charge in [-0.05, 0) is 24.7 Å². The predicted octanol–water partition coefficient (Wildman–Crippen LogP) is 5.42. The van der Waals surface area contributed by atoms with E-state index in [2.05, 4.69) is 20.8 Å². The minimum Gasteiger partial charge on any atom is -0.211 e. The van der Waals surface area contributed by atoms with Crippen molar-refractivity contribution in [2.24, 2.45) is 5.41 Å². The average molecular weight is 220 g/mol. The van der Waals surface area contributed by atoms with Gasteiger partial charge in [-0.25, -0.2) is 8.78 Å². The number of halogens is 2. The first-order valence-corrected chi connectivity index (χ1v) is 6.26. The fourth-order valence-electron chi connectivity index (χ4n) is 1.89. The van der Waals surface area contributed by atoms with Crippen molar-refractivity contribution >= 4 is 0 Å². The molecule has 0 aromatic carbocycles. The number of hydrogen-bond donors (Lipinski definition) is 0. The van der Waals surface area contributed by atoms with Crippen LogP contribution >= 0.6 is 0 Å². The monoisotopic (exact) mass is 220 g/mol. The fourth-order valence-corrected chi connectivity index (χ4v) is 1.89. The zero-order chi connectivity index (χ0) is 11.7. The van der Waals surface area contributed by atoms with Crippen molar-refractivity contribution in [3.63, 3.8) is 0 Å². The third-order valence-electron chi connectivity index (χ3n) is 2.98. The van der Waals surface area contributed by atoms with Crippen molar-refractivity contribution in [1.82, 2.24) is 0 Å². The molecule has 0 nitrogen and oxygen atoms in total. The Kier molecular flexibility index (Phi) is 7.99. The molecule has 15 heavy (non-hydrogen) atoms. The Morgan fingerprint density at radius 3 is 2.07 bits per heavy atom. The van der Waals surface area contributed by atoms with E-state index in [-0.39, 0.29) is 11.8 Å². The van der Waals surface area contributed by atoms with Gasteiger partial charge in [0.2, 0.25) is 6.43 Å². The highest BCUT2D eigenvalue weighted by atomic mass is 19.3. The van der Waals surface area contributed by atoms with Crippen LogP contribution in [-0.4, -0.2) is 6.43 Å². The molecule has 0 aromatic rings. The number of unbranched alkanes of at least 4 members (excludes halogenated alkanes) is 3. The summed E-state index contributed by atoms with van der Waals surface area (Å²) in [7, 11) is 0. The zero-order valence-electron chi connectivity index (χ0n) is 10.5. The smallest absolute Gasteiger partial charge is 0.211 e. The molecule has 0 heterocycles. The van der Waals surface area contributed by atoms with Crippen LogP contribution in [0.5, 0.6) is 0 Å². The van der Waals surface area contributed by atoms with Crippen LogP contribution in [0.4, 0.5) is 8.78 Å². The first-order valence-electron chi connectivity index (χ1n) is 6.26. The fraction of sp³-hybridized carbons (Fsp3) is 1.00. The Balaban J connectivity index is 3.48. The van der Waals surface area contributed by atoms with Gasteiger partial charge in [-0.3, -0.25) is 0 Å². The second-order valence-electron chi connectivity index (χ2n) is 5.26. The molecule has 0 N–H and O–H groups in total. The maximum absolute atomic E-state index is 12.0. The van der Waals surface area contributed by atoms with Gasteiger partial charge in [0, 0.05) is 6.42 Å². The van der Waals surface area contributed by atoms with E-state index in [0.29, 0.717) is 6.42 Å². The highest BCUT2D eigenvalue weighted by molar-refractivity contribution is 4.68. The maximum atomic E-state index is 12.0. The van der Waals surface area contributed by atoms with Crippen LogP contribution in [0.3, 0.4) is 0 Å². The third kappa shape index (κ3) is 10.1. The van der Waals surface area contributed by atoms with E-state index in [1.54, 1.807) is 0 Å². The van der Waals surface area contributed by atoms with Crippen LogP contribution in [0.25, 0.3) is 0 Å². The quantitative estimate of drug-likeness (QED) is 0.455. The molecule has 0 saturated carbocycles. The van der Waals surface area contributed by atoms with Gasteiger partial charge >= 0.3 is 0 Å². The second kappa shape index (κ2) is 8.06. The van der Waals surface area contributed by atoms with Crippen molar-refractivity contribution in [2.75, 3.05) is 0 Å². The molecule has 0 atom stereocenters. The Morgan fingerprint density at radius 2 is 1.53 bits per heavy atom. The lowest BCUT2D eigenvalue weighted by molar-refractivity contribution is 0.127. The Bertz CT molecular complexity index is 141. The number of hydrogen-bond acceptors (Lipinski definition) is 0. The highest BCUT2D eigenvalue weighted by Gasteiger charge is 2.17. The summed E-state index contributed by atoms with van der Waals surface area (Å²) in [5.74, 6) is 0. The molecule has 0 aliphatic heterocycles. The van der Waals surface area contributed by atoms with Gasteiger partial charge < -0.3 is 0 Å². The molecular formula is C13H26F2. The van der Waals surface area contributed by atoms with E-state index in [0.717, 1.165) is 6.42 Å². The van der Waals surface area contributed by atoms with Crippen molar-refractivity contribution in [3.8, 4) is 0 Å². The van der Waals surface area contributed by atoms with E-state index < -0.39 is 6.43 Å². The van der Waals surface area contributed by atoms with E-state index in [4.69, 9.17) is 0 Å². The van der Waals surface area contributed by atoms with E-state index in [1.165, 1.54) is 32.1 Å². The molecule has 0 spiro atoms. The van der Waals surface area contributed by atoms with E-state index in [9.17, 15) is 8.78 Å². The third-order valence-corrected chi connectivity index (χ3v) is 2.98. The zero-order valence-corrected chi connectivity index (χ0v) is 10.5. The van der Waals surface area contributed by atoms with Gasteiger partial charge in [0.15, 0.2) is 0 Å². The second-order valence-corrected chi connectivity index (χ2v) is 5.26. The van der Waals surface area contributed by atoms with Gasteiger partial charge in [-0.1, -0.05) is 46.5 Å². The van der Waals surface area contributed by atoms with Gasteiger partial charge in [0.25, 0.3) is 0 Å². The molecule has 0 radical (unpaired) electrons. The van der Waals surface area contributed by atoms with Gasteiger partial charge in [0.1, 0.15) is 0 Å². The standard InChI is InChI=1S/C13H26F2/c1-4-5-6-7-10-13(2,3)11-8-9-12(14)15/h12H,4-11H2,1-3H3. The predicted molar refractivity (Wildman–Crippen MR) is 62.4 cm³/mol. The van der Waals surface area contributed by atoms with Crippen molar-refractivity contribution in [1.29, 1.82) is 0 Å².